The monoisotopic (exact) mass is 362 g/mol. The van der Waals surface area contributed by atoms with Crippen LogP contribution in [0.2, 0.25) is 0 Å². The number of carboxylic acids is 1. The molecule has 1 atom stereocenters. The van der Waals surface area contributed by atoms with Gasteiger partial charge in [-0.2, -0.15) is 13.2 Å². The fraction of sp³-hybridized carbons (Fsp3) is 0.667. The lowest BCUT2D eigenvalue weighted by atomic mass is 9.78. The molecule has 10 heteroatoms. The van der Waals surface area contributed by atoms with Crippen molar-refractivity contribution in [2.45, 2.75) is 32.0 Å². The van der Waals surface area contributed by atoms with Crippen molar-refractivity contribution in [1.82, 2.24) is 19.8 Å². The van der Waals surface area contributed by atoms with Crippen LogP contribution in [-0.4, -0.2) is 57.2 Å². The van der Waals surface area contributed by atoms with E-state index >= 15 is 0 Å². The summed E-state index contributed by atoms with van der Waals surface area (Å²) in [5.41, 5.74) is -0.122. The molecule has 0 saturated carbocycles. The SMILES string of the molecule is Cn1ccnc1CN1CCCC2(CCNC2=O)C1.O=C(O)C(F)(F)F. The van der Waals surface area contributed by atoms with Crippen LogP contribution in [0.15, 0.2) is 12.4 Å². The summed E-state index contributed by atoms with van der Waals surface area (Å²) in [4.78, 5) is 27.6. The normalized spacial score (nSPS) is 23.9. The Morgan fingerprint density at radius 2 is 2.12 bits per heavy atom. The molecule has 2 saturated heterocycles. The summed E-state index contributed by atoms with van der Waals surface area (Å²) in [5, 5.41) is 10.1. The van der Waals surface area contributed by atoms with E-state index in [9.17, 15) is 18.0 Å². The highest BCUT2D eigenvalue weighted by atomic mass is 19.4. The summed E-state index contributed by atoms with van der Waals surface area (Å²) in [6.45, 7) is 3.64. The van der Waals surface area contributed by atoms with Gasteiger partial charge in [0.15, 0.2) is 0 Å². The van der Waals surface area contributed by atoms with E-state index in [4.69, 9.17) is 9.90 Å². The van der Waals surface area contributed by atoms with Gasteiger partial charge in [0.2, 0.25) is 5.91 Å². The quantitative estimate of drug-likeness (QED) is 0.824. The van der Waals surface area contributed by atoms with Crippen LogP contribution in [-0.2, 0) is 23.2 Å². The van der Waals surface area contributed by atoms with Crippen molar-refractivity contribution in [1.29, 1.82) is 0 Å². The zero-order valence-electron chi connectivity index (χ0n) is 13.8. The van der Waals surface area contributed by atoms with Crippen molar-refractivity contribution in [2.24, 2.45) is 12.5 Å². The smallest absolute Gasteiger partial charge is 0.475 e. The molecular weight excluding hydrogens is 341 g/mol. The number of nitrogens with zero attached hydrogens (tertiary/aromatic N) is 3. The molecule has 2 aliphatic rings. The molecule has 140 valence electrons. The van der Waals surface area contributed by atoms with E-state index in [0.29, 0.717) is 0 Å². The van der Waals surface area contributed by atoms with Crippen LogP contribution in [0.3, 0.4) is 0 Å². The number of likely N-dealkylation sites (tertiary alicyclic amines) is 1. The highest BCUT2D eigenvalue weighted by Gasteiger charge is 2.45. The highest BCUT2D eigenvalue weighted by Crippen LogP contribution is 2.36. The standard InChI is InChI=1S/C13H20N4O.C2HF3O2/c1-16-8-6-14-11(16)9-17-7-2-3-13(10-17)4-5-15-12(13)18;3-2(4,5)1(6)7/h6,8H,2-5,7,9-10H2,1H3,(H,15,18);(H,6,7). The number of carbonyl (C=O) groups excluding carboxylic acids is 1. The number of aromatic nitrogens is 2. The number of alkyl halides is 3. The molecule has 0 bridgehead atoms. The Morgan fingerprint density at radius 3 is 2.60 bits per heavy atom. The van der Waals surface area contributed by atoms with E-state index in [0.717, 1.165) is 51.3 Å². The predicted octanol–water partition coefficient (Wildman–Crippen LogP) is 1.16. The number of hydrogen-bond donors (Lipinski definition) is 2. The van der Waals surface area contributed by atoms with E-state index in [1.165, 1.54) is 0 Å². The Labute approximate surface area is 142 Å². The summed E-state index contributed by atoms with van der Waals surface area (Å²) in [7, 11) is 2.02. The van der Waals surface area contributed by atoms with Gasteiger partial charge in [0.25, 0.3) is 0 Å². The summed E-state index contributed by atoms with van der Waals surface area (Å²) in [5.74, 6) is -1.43. The molecule has 0 aliphatic carbocycles. The van der Waals surface area contributed by atoms with E-state index in [2.05, 4.69) is 19.8 Å². The molecule has 1 unspecified atom stereocenters. The zero-order valence-corrected chi connectivity index (χ0v) is 13.8. The zero-order chi connectivity index (χ0) is 18.7. The predicted molar refractivity (Wildman–Crippen MR) is 81.5 cm³/mol. The largest absolute Gasteiger partial charge is 0.490 e. The lowest BCUT2D eigenvalue weighted by Gasteiger charge is -2.38. The third-order valence-corrected chi connectivity index (χ3v) is 4.56. The van der Waals surface area contributed by atoms with E-state index < -0.39 is 12.1 Å². The maximum atomic E-state index is 12.0. The molecule has 1 aromatic rings. The second-order valence-electron chi connectivity index (χ2n) is 6.36. The molecule has 2 N–H and O–H groups in total. The van der Waals surface area contributed by atoms with Gasteiger partial charge in [0, 0.05) is 32.5 Å². The third kappa shape index (κ3) is 4.71. The van der Waals surface area contributed by atoms with E-state index in [1.807, 2.05) is 19.4 Å². The van der Waals surface area contributed by atoms with Gasteiger partial charge >= 0.3 is 12.1 Å². The summed E-state index contributed by atoms with van der Waals surface area (Å²) >= 11 is 0. The molecule has 7 nitrogen and oxygen atoms in total. The van der Waals surface area contributed by atoms with Crippen LogP contribution in [0, 0.1) is 5.41 Å². The first kappa shape index (κ1) is 19.2. The molecule has 3 rings (SSSR count). The van der Waals surface area contributed by atoms with Crippen LogP contribution >= 0.6 is 0 Å². The molecule has 0 radical (unpaired) electrons. The number of rotatable bonds is 2. The maximum Gasteiger partial charge on any atom is 0.490 e. The number of carboxylic acid groups (broad SMARTS) is 1. The fourth-order valence-corrected chi connectivity index (χ4v) is 3.22. The number of imidazole rings is 1. The molecule has 1 spiro atoms. The van der Waals surface area contributed by atoms with E-state index in [1.54, 1.807) is 0 Å². The second-order valence-corrected chi connectivity index (χ2v) is 6.36. The third-order valence-electron chi connectivity index (χ3n) is 4.56. The summed E-state index contributed by atoms with van der Waals surface area (Å²) in [6, 6.07) is 0. The van der Waals surface area contributed by atoms with Crippen LogP contribution < -0.4 is 5.32 Å². The fourth-order valence-electron chi connectivity index (χ4n) is 3.22. The average molecular weight is 362 g/mol. The van der Waals surface area contributed by atoms with Gasteiger partial charge in [0.1, 0.15) is 5.82 Å². The Bertz CT molecular complexity index is 632. The second kappa shape index (κ2) is 7.42. The Balaban J connectivity index is 0.000000277. The van der Waals surface area contributed by atoms with Crippen molar-refractivity contribution < 1.29 is 27.9 Å². The maximum absolute atomic E-state index is 12.0. The summed E-state index contributed by atoms with van der Waals surface area (Å²) < 4.78 is 33.8. The minimum absolute atomic E-state index is 0.122. The number of halogens is 3. The number of carbonyl (C=O) groups is 2. The average Bonchev–Trinajstić information content (AvgIpc) is 3.07. The first-order valence-corrected chi connectivity index (χ1v) is 7.91. The van der Waals surface area contributed by atoms with E-state index in [-0.39, 0.29) is 11.3 Å². The van der Waals surface area contributed by atoms with Gasteiger partial charge < -0.3 is 15.0 Å². The van der Waals surface area contributed by atoms with Crippen molar-refractivity contribution in [3.63, 3.8) is 0 Å². The number of aryl methyl sites for hydroxylation is 1. The van der Waals surface area contributed by atoms with Crippen molar-refractivity contribution >= 4 is 11.9 Å². The first-order valence-electron chi connectivity index (χ1n) is 7.91. The van der Waals surface area contributed by atoms with Gasteiger partial charge in [-0.15, -0.1) is 0 Å². The molecule has 2 aliphatic heterocycles. The van der Waals surface area contributed by atoms with Crippen LogP contribution in [0.4, 0.5) is 13.2 Å². The highest BCUT2D eigenvalue weighted by molar-refractivity contribution is 5.85. The number of amides is 1. The van der Waals surface area contributed by atoms with Crippen LogP contribution in [0.5, 0.6) is 0 Å². The van der Waals surface area contributed by atoms with Gasteiger partial charge in [-0.1, -0.05) is 0 Å². The topological polar surface area (TPSA) is 87.5 Å². The molecular formula is C15H21F3N4O3. The minimum atomic E-state index is -5.08. The van der Waals surface area contributed by atoms with Gasteiger partial charge in [0.05, 0.1) is 12.0 Å². The number of aliphatic carboxylic acids is 1. The molecule has 1 aromatic heterocycles. The van der Waals surface area contributed by atoms with Crippen LogP contribution in [0.25, 0.3) is 0 Å². The van der Waals surface area contributed by atoms with Gasteiger partial charge in [-0.05, 0) is 25.8 Å². The lowest BCUT2D eigenvalue weighted by Crippen LogP contribution is -2.47. The Kier molecular flexibility index (Phi) is 5.71. The molecule has 25 heavy (non-hydrogen) atoms. The van der Waals surface area contributed by atoms with Crippen molar-refractivity contribution in [3.05, 3.63) is 18.2 Å². The molecule has 3 heterocycles. The van der Waals surface area contributed by atoms with Gasteiger partial charge in [-0.25, -0.2) is 9.78 Å². The molecule has 0 aromatic carbocycles. The van der Waals surface area contributed by atoms with Crippen LogP contribution in [0.1, 0.15) is 25.1 Å². The Morgan fingerprint density at radius 1 is 1.44 bits per heavy atom. The Hall–Kier alpha value is -2.10. The number of hydrogen-bond acceptors (Lipinski definition) is 4. The number of piperidine rings is 1. The lowest BCUT2D eigenvalue weighted by molar-refractivity contribution is -0.192. The first-order chi connectivity index (χ1) is 11.6. The summed E-state index contributed by atoms with van der Waals surface area (Å²) in [6.07, 6.45) is 1.85. The van der Waals surface area contributed by atoms with Crippen molar-refractivity contribution in [2.75, 3.05) is 19.6 Å². The molecule has 1 amide bonds. The number of nitrogens with one attached hydrogen (secondary N) is 1. The minimum Gasteiger partial charge on any atom is -0.475 e. The van der Waals surface area contributed by atoms with Gasteiger partial charge in [-0.3, -0.25) is 9.69 Å². The van der Waals surface area contributed by atoms with Crippen molar-refractivity contribution in [3.8, 4) is 0 Å². The molecule has 2 fully saturated rings.